The Labute approximate surface area is 342 Å². The lowest BCUT2D eigenvalue weighted by molar-refractivity contribution is -0.248. The summed E-state index contributed by atoms with van der Waals surface area (Å²) in [5.41, 5.74) is -1.76. The molecule has 8 aliphatic rings. The first kappa shape index (κ1) is 42.2. The predicted octanol–water partition coefficient (Wildman–Crippen LogP) is 6.54. The summed E-state index contributed by atoms with van der Waals surface area (Å²) in [5.74, 6) is 1.82. The maximum atomic E-state index is 13.6. The van der Waals surface area contributed by atoms with E-state index in [9.17, 15) is 24.9 Å². The molecule has 3 saturated heterocycles. The lowest BCUT2D eigenvalue weighted by atomic mass is 9.41. The van der Waals surface area contributed by atoms with Crippen molar-refractivity contribution in [2.75, 3.05) is 32.8 Å². The molecule has 8 fully saturated rings. The Morgan fingerprint density at radius 3 is 2.23 bits per heavy atom. The Morgan fingerprint density at radius 2 is 1.56 bits per heavy atom. The number of rotatable bonds is 6. The van der Waals surface area contributed by atoms with E-state index in [1.54, 1.807) is 18.7 Å². The average Bonchev–Trinajstić information content (AvgIpc) is 3.76. The Bertz CT molecular complexity index is 1550. The summed E-state index contributed by atoms with van der Waals surface area (Å²) in [6, 6.07) is 0. The molecule has 0 aromatic heterocycles. The molecule has 8 rings (SSSR count). The van der Waals surface area contributed by atoms with Gasteiger partial charge in [-0.1, -0.05) is 34.6 Å². The third kappa shape index (κ3) is 6.54. The number of hydrogen-bond donors (Lipinski definition) is 3. The lowest BCUT2D eigenvalue weighted by Gasteiger charge is -2.64. The third-order valence-corrected chi connectivity index (χ3v) is 18.3. The molecule has 5 saturated carbocycles. The molecule has 3 aliphatic heterocycles. The number of morpholine rings is 1. The number of carbonyl (C=O) groups is 2. The van der Waals surface area contributed by atoms with E-state index in [-0.39, 0.29) is 69.0 Å². The zero-order chi connectivity index (χ0) is 41.3. The van der Waals surface area contributed by atoms with Crippen LogP contribution in [0.5, 0.6) is 0 Å². The SMILES string of the molecule is C[C@@H]1C[C@H](C(O)C(C)(C)O)O[C@H]2C1[C@@]1(C)CC[C@@]34CC35CCC(OC3CN(C(=O)CC6CCN(C(=O)OC(C)(C)C)CC6)CCO3)C(C)(C)[C@@H]5CC[C@H]4[C@]1(C)[C@H]2O. The van der Waals surface area contributed by atoms with Gasteiger partial charge in [0, 0.05) is 31.5 Å². The first-order valence-electron chi connectivity index (χ1n) is 22.8. The summed E-state index contributed by atoms with van der Waals surface area (Å²) in [4.78, 5) is 29.9. The van der Waals surface area contributed by atoms with Gasteiger partial charge in [-0.25, -0.2) is 4.79 Å². The molecule has 14 atom stereocenters. The Morgan fingerprint density at radius 1 is 0.895 bits per heavy atom. The minimum absolute atomic E-state index is 0.0392. The highest BCUT2D eigenvalue weighted by Crippen LogP contribution is 2.89. The van der Waals surface area contributed by atoms with E-state index in [2.05, 4.69) is 34.6 Å². The molecule has 5 unspecified atom stereocenters. The van der Waals surface area contributed by atoms with Crippen LogP contribution in [-0.2, 0) is 23.7 Å². The number of nitrogens with zero attached hydrogens (tertiary/aromatic N) is 2. The van der Waals surface area contributed by atoms with Crippen molar-refractivity contribution in [2.24, 2.45) is 56.7 Å². The zero-order valence-corrected chi connectivity index (χ0v) is 36.9. The fourth-order valence-corrected chi connectivity index (χ4v) is 15.3. The van der Waals surface area contributed by atoms with Crippen molar-refractivity contribution in [3.63, 3.8) is 0 Å². The van der Waals surface area contributed by atoms with Crippen LogP contribution >= 0.6 is 0 Å². The van der Waals surface area contributed by atoms with Crippen LogP contribution < -0.4 is 0 Å². The molecule has 2 spiro atoms. The van der Waals surface area contributed by atoms with Crippen LogP contribution in [0, 0.1) is 56.7 Å². The number of piperidine rings is 1. The number of aliphatic hydroxyl groups is 3. The van der Waals surface area contributed by atoms with Gasteiger partial charge >= 0.3 is 6.09 Å². The van der Waals surface area contributed by atoms with Crippen molar-refractivity contribution in [3.8, 4) is 0 Å². The van der Waals surface area contributed by atoms with Gasteiger partial charge in [0.15, 0.2) is 6.29 Å². The standard InChI is InChI=1S/C46H76N2O9/c1-27-23-29(37(50)42(7,8)53)55-36-35(27)43(9)17-18-46-26-45(46)16-13-32(41(5,6)30(45)11-12-31(46)44(43,10)38(36)51)56-34-25-48(21-22-54-34)33(49)24-28-14-19-47(20-15-28)39(52)57-40(2,3)4/h27-32,34-38,50-51,53H,11-26H2,1-10H3/t27-,29-,30+,31+,32?,34?,35?,36+,37?,38+,43-,44-,45?,46+/m1/s1. The number of likely N-dealkylation sites (tertiary alicyclic amines) is 1. The van der Waals surface area contributed by atoms with E-state index < -0.39 is 35.8 Å². The molecule has 2 amide bonds. The second kappa shape index (κ2) is 14.0. The minimum Gasteiger partial charge on any atom is -0.444 e. The van der Waals surface area contributed by atoms with Gasteiger partial charge in [-0.05, 0) is 150 Å². The van der Waals surface area contributed by atoms with Crippen LogP contribution in [0.2, 0.25) is 0 Å². The molecule has 0 aromatic carbocycles. The molecule has 57 heavy (non-hydrogen) atoms. The van der Waals surface area contributed by atoms with Crippen molar-refractivity contribution in [1.82, 2.24) is 9.80 Å². The fraction of sp³-hybridized carbons (Fsp3) is 0.957. The van der Waals surface area contributed by atoms with Gasteiger partial charge in [-0.2, -0.15) is 0 Å². The van der Waals surface area contributed by atoms with Gasteiger partial charge in [0.1, 0.15) is 11.7 Å². The second-order valence-corrected chi connectivity index (χ2v) is 23.0. The normalized spacial score (nSPS) is 46.2. The van der Waals surface area contributed by atoms with E-state index in [1.807, 2.05) is 25.7 Å². The number of fused-ring (bicyclic) bond motifs is 4. The Hall–Kier alpha value is -1.50. The zero-order valence-electron chi connectivity index (χ0n) is 36.9. The third-order valence-electron chi connectivity index (χ3n) is 18.3. The van der Waals surface area contributed by atoms with Crippen molar-refractivity contribution >= 4 is 12.0 Å². The highest BCUT2D eigenvalue weighted by molar-refractivity contribution is 5.76. The van der Waals surface area contributed by atoms with Crippen LogP contribution in [-0.4, -0.2) is 118 Å². The maximum absolute atomic E-state index is 13.6. The van der Waals surface area contributed by atoms with Crippen LogP contribution in [0.1, 0.15) is 140 Å². The summed E-state index contributed by atoms with van der Waals surface area (Å²) in [6.07, 6.45) is 7.48. The van der Waals surface area contributed by atoms with Gasteiger partial charge in [-0.15, -0.1) is 0 Å². The number of hydrogen-bond acceptors (Lipinski definition) is 9. The largest absolute Gasteiger partial charge is 0.444 e. The van der Waals surface area contributed by atoms with Crippen molar-refractivity contribution in [1.29, 1.82) is 0 Å². The fourth-order valence-electron chi connectivity index (χ4n) is 15.3. The van der Waals surface area contributed by atoms with Crippen molar-refractivity contribution in [3.05, 3.63) is 0 Å². The highest BCUT2D eigenvalue weighted by atomic mass is 16.7. The predicted molar refractivity (Wildman–Crippen MR) is 215 cm³/mol. The molecule has 5 aliphatic carbocycles. The molecule has 0 aromatic rings. The molecule has 0 bridgehead atoms. The van der Waals surface area contributed by atoms with E-state index >= 15 is 0 Å². The second-order valence-electron chi connectivity index (χ2n) is 23.0. The van der Waals surface area contributed by atoms with Gasteiger partial charge in [0.2, 0.25) is 5.91 Å². The van der Waals surface area contributed by atoms with Gasteiger partial charge < -0.3 is 44.1 Å². The summed E-state index contributed by atoms with van der Waals surface area (Å²) in [5, 5.41) is 34.3. The maximum Gasteiger partial charge on any atom is 0.410 e. The first-order chi connectivity index (χ1) is 26.5. The van der Waals surface area contributed by atoms with Crippen molar-refractivity contribution in [2.45, 2.75) is 188 Å². The van der Waals surface area contributed by atoms with Crippen LogP contribution in [0.15, 0.2) is 0 Å². The quantitative estimate of drug-likeness (QED) is 0.274. The number of carbonyl (C=O) groups excluding carboxylic acids is 2. The number of ether oxygens (including phenoxy) is 4. The van der Waals surface area contributed by atoms with E-state index in [4.69, 9.17) is 18.9 Å². The monoisotopic (exact) mass is 801 g/mol. The molecule has 324 valence electrons. The van der Waals surface area contributed by atoms with Crippen LogP contribution in [0.25, 0.3) is 0 Å². The van der Waals surface area contributed by atoms with Crippen LogP contribution in [0.3, 0.4) is 0 Å². The molecule has 3 heterocycles. The van der Waals surface area contributed by atoms with E-state index in [0.717, 1.165) is 44.9 Å². The Balaban J connectivity index is 0.903. The molecule has 0 radical (unpaired) electrons. The van der Waals surface area contributed by atoms with Crippen LogP contribution in [0.4, 0.5) is 4.79 Å². The lowest BCUT2D eigenvalue weighted by Crippen LogP contribution is -2.60. The summed E-state index contributed by atoms with van der Waals surface area (Å²) >= 11 is 0. The topological polar surface area (TPSA) is 138 Å². The molecular weight excluding hydrogens is 725 g/mol. The summed E-state index contributed by atoms with van der Waals surface area (Å²) < 4.78 is 25.4. The molecule has 11 nitrogen and oxygen atoms in total. The smallest absolute Gasteiger partial charge is 0.410 e. The number of aliphatic hydroxyl groups excluding tert-OH is 2. The van der Waals surface area contributed by atoms with Crippen molar-refractivity contribution < 1.29 is 43.9 Å². The number of amides is 2. The molecule has 11 heteroatoms. The minimum atomic E-state index is -1.27. The van der Waals surface area contributed by atoms with E-state index in [1.165, 1.54) is 12.8 Å². The van der Waals surface area contributed by atoms with Gasteiger partial charge in [0.25, 0.3) is 0 Å². The molecular formula is C46H76N2O9. The summed E-state index contributed by atoms with van der Waals surface area (Å²) in [7, 11) is 0. The van der Waals surface area contributed by atoms with Gasteiger partial charge in [0.05, 0.1) is 43.2 Å². The molecule has 3 N–H and O–H groups in total. The first-order valence-corrected chi connectivity index (χ1v) is 22.8. The van der Waals surface area contributed by atoms with Gasteiger partial charge in [-0.3, -0.25) is 4.79 Å². The summed E-state index contributed by atoms with van der Waals surface area (Å²) in [6.45, 7) is 23.6. The highest BCUT2D eigenvalue weighted by Gasteiger charge is 2.84. The Kier molecular flexibility index (Phi) is 10.4. The van der Waals surface area contributed by atoms with E-state index in [0.29, 0.717) is 57.5 Å². The average molecular weight is 801 g/mol.